The van der Waals surface area contributed by atoms with Gasteiger partial charge in [-0.25, -0.2) is 0 Å². The van der Waals surface area contributed by atoms with Gasteiger partial charge in [-0.1, -0.05) is 6.92 Å². The van der Waals surface area contributed by atoms with E-state index in [1.54, 1.807) is 0 Å². The number of hydrogen-bond acceptors (Lipinski definition) is 3. The zero-order valence-electron chi connectivity index (χ0n) is 10.0. The molecular weight excluding hydrogens is 226 g/mol. The fraction of sp³-hybridized carbons (Fsp3) is 0.727. The second-order valence-corrected chi connectivity index (χ2v) is 3.96. The van der Waals surface area contributed by atoms with E-state index in [1.165, 1.54) is 5.69 Å². The fourth-order valence-corrected chi connectivity index (χ4v) is 1.54. The van der Waals surface area contributed by atoms with Crippen LogP contribution in [-0.4, -0.2) is 35.4 Å². The first-order valence-electron chi connectivity index (χ1n) is 5.64. The number of alkyl halides is 1. The Morgan fingerprint density at radius 1 is 1.50 bits per heavy atom. The summed E-state index contributed by atoms with van der Waals surface area (Å²) in [5.74, 6) is 0.557. The molecule has 0 amide bonds. The van der Waals surface area contributed by atoms with Gasteiger partial charge < -0.3 is 10.1 Å². The van der Waals surface area contributed by atoms with Gasteiger partial charge >= 0.3 is 0 Å². The van der Waals surface area contributed by atoms with Crippen LogP contribution in [0.3, 0.4) is 0 Å². The summed E-state index contributed by atoms with van der Waals surface area (Å²) in [5, 5.41) is 7.70. The number of nitrogens with zero attached hydrogens (tertiary/aromatic N) is 2. The molecule has 1 aromatic rings. The largest absolute Gasteiger partial charge is 0.379 e. The Morgan fingerprint density at radius 3 is 2.94 bits per heavy atom. The van der Waals surface area contributed by atoms with Crippen molar-refractivity contribution in [2.75, 3.05) is 25.6 Å². The number of hydrogen-bond donors (Lipinski definition) is 1. The third-order valence-corrected chi connectivity index (χ3v) is 2.49. The maximum absolute atomic E-state index is 5.49. The fourth-order valence-electron chi connectivity index (χ4n) is 1.43. The SMILES string of the molecule is CCc1cc(CNCCOCCCl)n(C)n1. The lowest BCUT2D eigenvalue weighted by Crippen LogP contribution is -2.21. The highest BCUT2D eigenvalue weighted by Gasteiger charge is 2.02. The second kappa shape index (κ2) is 7.65. The van der Waals surface area contributed by atoms with Gasteiger partial charge in [-0.2, -0.15) is 5.10 Å². The molecule has 0 radical (unpaired) electrons. The summed E-state index contributed by atoms with van der Waals surface area (Å²) in [5.41, 5.74) is 2.34. The Balaban J connectivity index is 2.18. The van der Waals surface area contributed by atoms with Crippen molar-refractivity contribution in [2.24, 2.45) is 7.05 Å². The molecule has 4 nitrogen and oxygen atoms in total. The molecule has 5 heteroatoms. The lowest BCUT2D eigenvalue weighted by atomic mass is 10.3. The van der Waals surface area contributed by atoms with Crippen molar-refractivity contribution in [3.63, 3.8) is 0 Å². The summed E-state index contributed by atoms with van der Waals surface area (Å²) < 4.78 is 7.18. The van der Waals surface area contributed by atoms with Crippen molar-refractivity contribution in [2.45, 2.75) is 19.9 Å². The molecule has 0 saturated carbocycles. The number of rotatable bonds is 8. The van der Waals surface area contributed by atoms with E-state index in [0.717, 1.165) is 25.2 Å². The summed E-state index contributed by atoms with van der Waals surface area (Å²) in [4.78, 5) is 0. The van der Waals surface area contributed by atoms with Crippen LogP contribution in [0, 0.1) is 0 Å². The number of halogens is 1. The van der Waals surface area contributed by atoms with Crippen molar-refractivity contribution >= 4 is 11.6 Å². The molecule has 0 bridgehead atoms. The van der Waals surface area contributed by atoms with Gasteiger partial charge in [-0.05, 0) is 12.5 Å². The first-order valence-corrected chi connectivity index (χ1v) is 6.17. The molecule has 16 heavy (non-hydrogen) atoms. The van der Waals surface area contributed by atoms with Crippen LogP contribution in [0.25, 0.3) is 0 Å². The lowest BCUT2D eigenvalue weighted by Gasteiger charge is -2.05. The van der Waals surface area contributed by atoms with Crippen LogP contribution in [-0.2, 0) is 24.8 Å². The van der Waals surface area contributed by atoms with Gasteiger partial charge in [0.25, 0.3) is 0 Å². The summed E-state index contributed by atoms with van der Waals surface area (Å²) in [6, 6.07) is 2.13. The molecule has 0 saturated heterocycles. The predicted octanol–water partition coefficient (Wildman–Crippen LogP) is 1.33. The normalized spacial score (nSPS) is 10.9. The van der Waals surface area contributed by atoms with Gasteiger partial charge in [-0.15, -0.1) is 11.6 Å². The molecule has 1 N–H and O–H groups in total. The molecule has 0 atom stereocenters. The smallest absolute Gasteiger partial charge is 0.0625 e. The van der Waals surface area contributed by atoms with Crippen LogP contribution in [0.4, 0.5) is 0 Å². The third kappa shape index (κ3) is 4.51. The molecule has 1 aromatic heterocycles. The van der Waals surface area contributed by atoms with Gasteiger partial charge in [-0.3, -0.25) is 4.68 Å². The van der Waals surface area contributed by atoms with E-state index in [-0.39, 0.29) is 0 Å². The molecule has 0 aliphatic rings. The van der Waals surface area contributed by atoms with E-state index in [0.29, 0.717) is 19.1 Å². The van der Waals surface area contributed by atoms with Crippen molar-refractivity contribution < 1.29 is 4.74 Å². The van der Waals surface area contributed by atoms with E-state index < -0.39 is 0 Å². The monoisotopic (exact) mass is 245 g/mol. The Bertz CT molecular complexity index is 301. The van der Waals surface area contributed by atoms with Crippen LogP contribution in [0.15, 0.2) is 6.07 Å². The highest BCUT2D eigenvalue weighted by Crippen LogP contribution is 2.02. The van der Waals surface area contributed by atoms with Gasteiger partial charge in [0.1, 0.15) is 0 Å². The van der Waals surface area contributed by atoms with Crippen LogP contribution in [0.2, 0.25) is 0 Å². The van der Waals surface area contributed by atoms with Gasteiger partial charge in [0.15, 0.2) is 0 Å². The molecule has 0 aliphatic heterocycles. The topological polar surface area (TPSA) is 39.1 Å². The average Bonchev–Trinajstić information content (AvgIpc) is 2.65. The van der Waals surface area contributed by atoms with Gasteiger partial charge in [0, 0.05) is 26.0 Å². The Labute approximate surface area is 102 Å². The Hall–Kier alpha value is -0.580. The van der Waals surface area contributed by atoms with Gasteiger partial charge in [0.2, 0.25) is 0 Å². The van der Waals surface area contributed by atoms with E-state index in [1.807, 2.05) is 11.7 Å². The highest BCUT2D eigenvalue weighted by molar-refractivity contribution is 6.17. The van der Waals surface area contributed by atoms with E-state index in [4.69, 9.17) is 16.3 Å². The van der Waals surface area contributed by atoms with Crippen LogP contribution in [0.5, 0.6) is 0 Å². The van der Waals surface area contributed by atoms with Gasteiger partial charge in [0.05, 0.1) is 24.6 Å². The molecule has 0 fully saturated rings. The zero-order chi connectivity index (χ0) is 11.8. The highest BCUT2D eigenvalue weighted by atomic mass is 35.5. The molecule has 92 valence electrons. The summed E-state index contributed by atoms with van der Waals surface area (Å²) in [6.45, 7) is 5.09. The van der Waals surface area contributed by atoms with Crippen LogP contribution >= 0.6 is 11.6 Å². The number of aromatic nitrogens is 2. The quantitative estimate of drug-likeness (QED) is 0.555. The minimum atomic E-state index is 0.557. The first kappa shape index (κ1) is 13.5. The van der Waals surface area contributed by atoms with Crippen LogP contribution in [0.1, 0.15) is 18.3 Å². The number of ether oxygens (including phenoxy) is 1. The standard InChI is InChI=1S/C11H20ClN3O/c1-3-10-8-11(15(2)14-10)9-13-5-7-16-6-4-12/h8,13H,3-7,9H2,1-2H3. The second-order valence-electron chi connectivity index (χ2n) is 3.58. The predicted molar refractivity (Wildman–Crippen MR) is 65.8 cm³/mol. The molecular formula is C11H20ClN3O. The Morgan fingerprint density at radius 2 is 2.31 bits per heavy atom. The van der Waals surface area contributed by atoms with Crippen LogP contribution < -0.4 is 5.32 Å². The van der Waals surface area contributed by atoms with E-state index in [9.17, 15) is 0 Å². The van der Waals surface area contributed by atoms with Crippen molar-refractivity contribution in [3.8, 4) is 0 Å². The maximum Gasteiger partial charge on any atom is 0.0625 e. The van der Waals surface area contributed by atoms with Crippen molar-refractivity contribution in [3.05, 3.63) is 17.5 Å². The Kier molecular flexibility index (Phi) is 6.45. The molecule has 0 aromatic carbocycles. The first-order chi connectivity index (χ1) is 7.77. The molecule has 0 aliphatic carbocycles. The summed E-state index contributed by atoms with van der Waals surface area (Å²) >= 11 is 5.49. The number of nitrogens with one attached hydrogen (secondary N) is 1. The van der Waals surface area contributed by atoms with Crippen molar-refractivity contribution in [1.82, 2.24) is 15.1 Å². The van der Waals surface area contributed by atoms with E-state index >= 15 is 0 Å². The summed E-state index contributed by atoms with van der Waals surface area (Å²) in [7, 11) is 1.97. The lowest BCUT2D eigenvalue weighted by molar-refractivity contribution is 0.150. The molecule has 1 rings (SSSR count). The molecule has 0 unspecified atom stereocenters. The van der Waals surface area contributed by atoms with E-state index in [2.05, 4.69) is 23.4 Å². The third-order valence-electron chi connectivity index (χ3n) is 2.34. The minimum Gasteiger partial charge on any atom is -0.379 e. The average molecular weight is 246 g/mol. The molecule has 0 spiro atoms. The number of aryl methyl sites for hydroxylation is 2. The van der Waals surface area contributed by atoms with Crippen molar-refractivity contribution in [1.29, 1.82) is 0 Å². The minimum absolute atomic E-state index is 0.557. The molecule has 1 heterocycles. The maximum atomic E-state index is 5.49. The zero-order valence-corrected chi connectivity index (χ0v) is 10.8. The summed E-state index contributed by atoms with van der Waals surface area (Å²) in [6.07, 6.45) is 0.979.